The summed E-state index contributed by atoms with van der Waals surface area (Å²) in [6.45, 7) is 0. The number of benzene rings is 1. The molecule has 0 atom stereocenters. The standard InChI is InChI=1S/C10H7Cl2NO/c1-14-9-5-8-6(4-7(9)11)2-3-10(12)13-8/h2-5H,1H3. The molecule has 1 aromatic heterocycles. The van der Waals surface area contributed by atoms with Gasteiger partial charge in [0, 0.05) is 11.5 Å². The summed E-state index contributed by atoms with van der Waals surface area (Å²) in [6, 6.07) is 7.17. The van der Waals surface area contributed by atoms with Crippen molar-refractivity contribution in [1.82, 2.24) is 4.98 Å². The van der Waals surface area contributed by atoms with E-state index in [1.54, 1.807) is 25.3 Å². The molecule has 14 heavy (non-hydrogen) atoms. The van der Waals surface area contributed by atoms with Gasteiger partial charge in [-0.2, -0.15) is 0 Å². The van der Waals surface area contributed by atoms with E-state index in [4.69, 9.17) is 27.9 Å². The number of hydrogen-bond acceptors (Lipinski definition) is 2. The fourth-order valence-corrected chi connectivity index (χ4v) is 1.66. The van der Waals surface area contributed by atoms with E-state index in [2.05, 4.69) is 4.98 Å². The minimum atomic E-state index is 0.460. The molecular weight excluding hydrogens is 221 g/mol. The molecule has 0 unspecified atom stereocenters. The number of fused-ring (bicyclic) bond motifs is 1. The SMILES string of the molecule is COc1cc2nc(Cl)ccc2cc1Cl. The van der Waals surface area contributed by atoms with Gasteiger partial charge in [0.25, 0.3) is 0 Å². The van der Waals surface area contributed by atoms with Crippen molar-refractivity contribution in [2.45, 2.75) is 0 Å². The van der Waals surface area contributed by atoms with E-state index >= 15 is 0 Å². The summed E-state index contributed by atoms with van der Waals surface area (Å²) in [4.78, 5) is 4.15. The second-order valence-corrected chi connectivity index (χ2v) is 3.61. The van der Waals surface area contributed by atoms with Gasteiger partial charge in [0.1, 0.15) is 10.9 Å². The normalized spacial score (nSPS) is 10.5. The molecule has 0 saturated heterocycles. The Hall–Kier alpha value is -0.990. The number of halogens is 2. The van der Waals surface area contributed by atoms with Crippen LogP contribution in [-0.2, 0) is 0 Å². The van der Waals surface area contributed by atoms with Gasteiger partial charge in [0.05, 0.1) is 17.6 Å². The lowest BCUT2D eigenvalue weighted by Crippen LogP contribution is -1.86. The van der Waals surface area contributed by atoms with Crippen LogP contribution in [0.25, 0.3) is 10.9 Å². The van der Waals surface area contributed by atoms with Crippen molar-refractivity contribution in [1.29, 1.82) is 0 Å². The summed E-state index contributed by atoms with van der Waals surface area (Å²) in [5, 5.41) is 1.98. The van der Waals surface area contributed by atoms with Gasteiger partial charge in [0.15, 0.2) is 0 Å². The second kappa shape index (κ2) is 3.64. The number of methoxy groups -OCH3 is 1. The highest BCUT2D eigenvalue weighted by molar-refractivity contribution is 6.33. The Balaban J connectivity index is 2.73. The van der Waals surface area contributed by atoms with Gasteiger partial charge < -0.3 is 4.74 Å². The number of pyridine rings is 1. The van der Waals surface area contributed by atoms with Crippen molar-refractivity contribution in [3.8, 4) is 5.75 Å². The molecule has 0 spiro atoms. The summed E-state index contributed by atoms with van der Waals surface area (Å²) in [5.74, 6) is 0.605. The maximum atomic E-state index is 5.96. The molecule has 0 bridgehead atoms. The molecule has 0 N–H and O–H groups in total. The van der Waals surface area contributed by atoms with E-state index in [9.17, 15) is 0 Å². The Labute approximate surface area is 91.4 Å². The lowest BCUT2D eigenvalue weighted by molar-refractivity contribution is 0.415. The first-order valence-corrected chi connectivity index (χ1v) is 4.76. The monoisotopic (exact) mass is 227 g/mol. The molecule has 4 heteroatoms. The Morgan fingerprint density at radius 3 is 2.71 bits per heavy atom. The predicted octanol–water partition coefficient (Wildman–Crippen LogP) is 3.55. The van der Waals surface area contributed by atoms with Gasteiger partial charge in [-0.3, -0.25) is 0 Å². The zero-order chi connectivity index (χ0) is 10.1. The van der Waals surface area contributed by atoms with Crippen LogP contribution < -0.4 is 4.74 Å². The lowest BCUT2D eigenvalue weighted by atomic mass is 10.2. The van der Waals surface area contributed by atoms with E-state index < -0.39 is 0 Å². The highest BCUT2D eigenvalue weighted by atomic mass is 35.5. The molecule has 72 valence electrons. The fraction of sp³-hybridized carbons (Fsp3) is 0.100. The Morgan fingerprint density at radius 1 is 1.21 bits per heavy atom. The van der Waals surface area contributed by atoms with Crippen molar-refractivity contribution in [3.05, 3.63) is 34.4 Å². The molecule has 1 aromatic carbocycles. The minimum absolute atomic E-state index is 0.460. The number of rotatable bonds is 1. The first-order valence-electron chi connectivity index (χ1n) is 4.00. The largest absolute Gasteiger partial charge is 0.495 e. The van der Waals surface area contributed by atoms with Crippen molar-refractivity contribution in [2.75, 3.05) is 7.11 Å². The van der Waals surface area contributed by atoms with Crippen LogP contribution in [0, 0.1) is 0 Å². The molecule has 0 aliphatic rings. The van der Waals surface area contributed by atoms with Crippen LogP contribution in [0.4, 0.5) is 0 Å². The first-order chi connectivity index (χ1) is 6.70. The Morgan fingerprint density at radius 2 is 2.00 bits per heavy atom. The number of nitrogens with zero attached hydrogens (tertiary/aromatic N) is 1. The van der Waals surface area contributed by atoms with Crippen LogP contribution in [0.1, 0.15) is 0 Å². The van der Waals surface area contributed by atoms with E-state index in [0.29, 0.717) is 15.9 Å². The maximum Gasteiger partial charge on any atom is 0.139 e. The number of aromatic nitrogens is 1. The molecule has 2 nitrogen and oxygen atoms in total. The molecule has 2 rings (SSSR count). The third-order valence-corrected chi connectivity index (χ3v) is 2.43. The zero-order valence-corrected chi connectivity index (χ0v) is 8.93. The summed E-state index contributed by atoms with van der Waals surface area (Å²) < 4.78 is 5.08. The van der Waals surface area contributed by atoms with Crippen LogP contribution in [0.2, 0.25) is 10.2 Å². The zero-order valence-electron chi connectivity index (χ0n) is 7.42. The van der Waals surface area contributed by atoms with E-state index in [1.165, 1.54) is 0 Å². The quantitative estimate of drug-likeness (QED) is 0.696. The Bertz CT molecular complexity index is 485. The summed E-state index contributed by atoms with van der Waals surface area (Å²) in [5.41, 5.74) is 0.777. The van der Waals surface area contributed by atoms with Crippen molar-refractivity contribution in [3.63, 3.8) is 0 Å². The highest BCUT2D eigenvalue weighted by Crippen LogP contribution is 2.29. The van der Waals surface area contributed by atoms with Crippen molar-refractivity contribution >= 4 is 34.1 Å². The topological polar surface area (TPSA) is 22.1 Å². The molecule has 0 amide bonds. The van der Waals surface area contributed by atoms with E-state index in [0.717, 1.165) is 10.9 Å². The smallest absolute Gasteiger partial charge is 0.139 e. The molecule has 0 saturated carbocycles. The Kier molecular flexibility index (Phi) is 2.48. The predicted molar refractivity (Wildman–Crippen MR) is 58.3 cm³/mol. The van der Waals surface area contributed by atoms with Gasteiger partial charge in [0.2, 0.25) is 0 Å². The summed E-state index contributed by atoms with van der Waals surface area (Å²) in [6.07, 6.45) is 0. The van der Waals surface area contributed by atoms with Gasteiger partial charge in [-0.05, 0) is 18.2 Å². The second-order valence-electron chi connectivity index (χ2n) is 2.81. The van der Waals surface area contributed by atoms with Gasteiger partial charge in [-0.1, -0.05) is 23.2 Å². The van der Waals surface area contributed by atoms with E-state index in [1.807, 2.05) is 6.07 Å². The molecule has 0 radical (unpaired) electrons. The fourth-order valence-electron chi connectivity index (χ4n) is 1.26. The van der Waals surface area contributed by atoms with Crippen LogP contribution in [0.3, 0.4) is 0 Å². The molecule has 1 heterocycles. The molecule has 0 aliphatic carbocycles. The van der Waals surface area contributed by atoms with Gasteiger partial charge in [-0.25, -0.2) is 4.98 Å². The number of ether oxygens (including phenoxy) is 1. The molecule has 2 aromatic rings. The van der Waals surface area contributed by atoms with Gasteiger partial charge >= 0.3 is 0 Å². The summed E-state index contributed by atoms with van der Waals surface area (Å²) >= 11 is 11.7. The van der Waals surface area contributed by atoms with Gasteiger partial charge in [-0.15, -0.1) is 0 Å². The third kappa shape index (κ3) is 1.63. The van der Waals surface area contributed by atoms with Crippen LogP contribution in [0.5, 0.6) is 5.75 Å². The maximum absolute atomic E-state index is 5.96. The van der Waals surface area contributed by atoms with Crippen LogP contribution >= 0.6 is 23.2 Å². The van der Waals surface area contributed by atoms with Crippen LogP contribution in [0.15, 0.2) is 24.3 Å². The molecule has 0 fully saturated rings. The van der Waals surface area contributed by atoms with Crippen LogP contribution in [-0.4, -0.2) is 12.1 Å². The molecule has 0 aliphatic heterocycles. The van der Waals surface area contributed by atoms with Crippen molar-refractivity contribution < 1.29 is 4.74 Å². The highest BCUT2D eigenvalue weighted by Gasteiger charge is 2.04. The minimum Gasteiger partial charge on any atom is -0.495 e. The average molecular weight is 228 g/mol. The third-order valence-electron chi connectivity index (χ3n) is 1.93. The lowest BCUT2D eigenvalue weighted by Gasteiger charge is -2.04. The average Bonchev–Trinajstić information content (AvgIpc) is 2.17. The summed E-state index contributed by atoms with van der Waals surface area (Å²) in [7, 11) is 1.57. The van der Waals surface area contributed by atoms with Crippen molar-refractivity contribution in [2.24, 2.45) is 0 Å². The first kappa shape index (κ1) is 9.56. The van der Waals surface area contributed by atoms with E-state index in [-0.39, 0.29) is 0 Å². The number of hydrogen-bond donors (Lipinski definition) is 0. The molecular formula is C10H7Cl2NO.